The zero-order chi connectivity index (χ0) is 21.1. The first-order chi connectivity index (χ1) is 14.6. The minimum Gasteiger partial charge on any atom is -0.480 e. The zero-order valence-electron chi connectivity index (χ0n) is 17.3. The van der Waals surface area contributed by atoms with Crippen LogP contribution in [0.5, 0.6) is 0 Å². The van der Waals surface area contributed by atoms with E-state index >= 15 is 0 Å². The van der Waals surface area contributed by atoms with Crippen LogP contribution >= 0.6 is 0 Å². The van der Waals surface area contributed by atoms with Gasteiger partial charge in [0.2, 0.25) is 0 Å². The van der Waals surface area contributed by atoms with E-state index < -0.39 is 18.1 Å². The topological polar surface area (TPSA) is 75.6 Å². The number of fused-ring (bicyclic) bond motifs is 3. The first-order valence-electron chi connectivity index (χ1n) is 10.9. The van der Waals surface area contributed by atoms with Crippen molar-refractivity contribution in [1.29, 1.82) is 0 Å². The Bertz CT molecular complexity index is 879. The van der Waals surface area contributed by atoms with Gasteiger partial charge in [-0.1, -0.05) is 74.7 Å². The van der Waals surface area contributed by atoms with Crippen LogP contribution in [0.4, 0.5) is 4.79 Å². The zero-order valence-corrected chi connectivity index (χ0v) is 17.3. The average molecular weight is 408 g/mol. The molecule has 2 aromatic rings. The van der Waals surface area contributed by atoms with Gasteiger partial charge in [-0.3, -0.25) is 0 Å². The Labute approximate surface area is 177 Å². The molecule has 0 heterocycles. The van der Waals surface area contributed by atoms with Crippen molar-refractivity contribution in [3.63, 3.8) is 0 Å². The van der Waals surface area contributed by atoms with Gasteiger partial charge in [-0.25, -0.2) is 9.59 Å². The van der Waals surface area contributed by atoms with E-state index in [-0.39, 0.29) is 18.4 Å². The predicted molar refractivity (Wildman–Crippen MR) is 115 cm³/mol. The lowest BCUT2D eigenvalue weighted by molar-refractivity contribution is -0.141. The highest BCUT2D eigenvalue weighted by Gasteiger charge is 2.34. The molecule has 2 aliphatic rings. The summed E-state index contributed by atoms with van der Waals surface area (Å²) < 4.78 is 5.55. The van der Waals surface area contributed by atoms with Crippen LogP contribution in [0.2, 0.25) is 0 Å². The Balaban J connectivity index is 1.42. The third-order valence-corrected chi connectivity index (χ3v) is 6.76. The van der Waals surface area contributed by atoms with E-state index in [2.05, 4.69) is 36.5 Å². The maximum absolute atomic E-state index is 12.5. The molecule has 1 amide bonds. The molecule has 1 saturated carbocycles. The van der Waals surface area contributed by atoms with Crippen molar-refractivity contribution in [2.45, 2.75) is 51.0 Å². The highest BCUT2D eigenvalue weighted by molar-refractivity contribution is 5.81. The minimum atomic E-state index is -0.981. The van der Waals surface area contributed by atoms with Crippen molar-refractivity contribution < 1.29 is 19.4 Å². The van der Waals surface area contributed by atoms with E-state index in [0.29, 0.717) is 5.92 Å². The summed E-state index contributed by atoms with van der Waals surface area (Å²) in [7, 11) is 0. The molecule has 1 fully saturated rings. The maximum atomic E-state index is 12.5. The fraction of sp³-hybridized carbons (Fsp3) is 0.440. The lowest BCUT2D eigenvalue weighted by atomic mass is 9.77. The van der Waals surface area contributed by atoms with Crippen LogP contribution in [0.3, 0.4) is 0 Å². The van der Waals surface area contributed by atoms with Gasteiger partial charge in [-0.05, 0) is 46.9 Å². The fourth-order valence-electron chi connectivity index (χ4n) is 5.15. The van der Waals surface area contributed by atoms with Crippen molar-refractivity contribution in [3.8, 4) is 11.1 Å². The minimum absolute atomic E-state index is 0.0365. The monoisotopic (exact) mass is 407 g/mol. The van der Waals surface area contributed by atoms with Gasteiger partial charge in [-0.15, -0.1) is 0 Å². The number of carboxylic acid groups (broad SMARTS) is 1. The Morgan fingerprint density at radius 3 is 2.30 bits per heavy atom. The maximum Gasteiger partial charge on any atom is 0.407 e. The van der Waals surface area contributed by atoms with Gasteiger partial charge >= 0.3 is 12.1 Å². The molecule has 2 aromatic carbocycles. The molecular formula is C25H29NO4. The van der Waals surface area contributed by atoms with Crippen molar-refractivity contribution in [1.82, 2.24) is 5.32 Å². The predicted octanol–water partition coefficient (Wildman–Crippen LogP) is 5.19. The molecule has 4 rings (SSSR count). The molecule has 0 saturated heterocycles. The molecule has 158 valence electrons. The van der Waals surface area contributed by atoms with Gasteiger partial charge in [0.25, 0.3) is 0 Å². The third-order valence-electron chi connectivity index (χ3n) is 6.76. The second-order valence-electron chi connectivity index (χ2n) is 8.49. The van der Waals surface area contributed by atoms with E-state index in [0.717, 1.165) is 43.2 Å². The smallest absolute Gasteiger partial charge is 0.407 e. The number of carbonyl (C=O) groups is 2. The van der Waals surface area contributed by atoms with Crippen LogP contribution in [-0.2, 0) is 9.53 Å². The van der Waals surface area contributed by atoms with Gasteiger partial charge in [0.15, 0.2) is 0 Å². The fourth-order valence-corrected chi connectivity index (χ4v) is 5.15. The molecule has 5 nitrogen and oxygen atoms in total. The van der Waals surface area contributed by atoms with Gasteiger partial charge < -0.3 is 15.2 Å². The first-order valence-corrected chi connectivity index (χ1v) is 10.9. The number of alkyl carbamates (subject to hydrolysis) is 1. The number of hydrogen-bond donors (Lipinski definition) is 2. The van der Waals surface area contributed by atoms with Gasteiger partial charge in [0.1, 0.15) is 12.6 Å². The van der Waals surface area contributed by atoms with E-state index in [9.17, 15) is 14.7 Å². The number of rotatable bonds is 6. The lowest BCUT2D eigenvalue weighted by Gasteiger charge is -2.32. The SMILES string of the molecule is CCC1CCCC(C(NC(=O)OCC2c3ccccc3-c3ccccc32)C(=O)O)C1. The molecule has 0 radical (unpaired) electrons. The summed E-state index contributed by atoms with van der Waals surface area (Å²) in [4.78, 5) is 24.4. The Kier molecular flexibility index (Phi) is 6.07. The number of carbonyl (C=O) groups excluding carboxylic acids is 1. The second kappa shape index (κ2) is 8.90. The summed E-state index contributed by atoms with van der Waals surface area (Å²) in [6, 6.07) is 15.4. The van der Waals surface area contributed by atoms with Crippen molar-refractivity contribution >= 4 is 12.1 Å². The molecule has 0 spiro atoms. The van der Waals surface area contributed by atoms with E-state index in [1.54, 1.807) is 0 Å². The highest BCUT2D eigenvalue weighted by atomic mass is 16.5. The molecule has 2 aliphatic carbocycles. The van der Waals surface area contributed by atoms with Crippen LogP contribution in [0, 0.1) is 11.8 Å². The first kappa shape index (κ1) is 20.5. The number of ether oxygens (including phenoxy) is 1. The summed E-state index contributed by atoms with van der Waals surface area (Å²) >= 11 is 0. The number of hydrogen-bond acceptors (Lipinski definition) is 3. The standard InChI is InChI=1S/C25H29NO4/c1-2-16-8-7-9-17(14-16)23(24(27)28)26-25(29)30-15-22-20-12-5-3-10-18(20)19-11-4-6-13-21(19)22/h3-6,10-13,16-17,22-23H,2,7-9,14-15H2,1H3,(H,26,29)(H,27,28). The van der Waals surface area contributed by atoms with Crippen LogP contribution in [-0.4, -0.2) is 29.8 Å². The second-order valence-corrected chi connectivity index (χ2v) is 8.49. The van der Waals surface area contributed by atoms with Gasteiger partial charge in [0.05, 0.1) is 0 Å². The van der Waals surface area contributed by atoms with E-state index in [1.807, 2.05) is 24.3 Å². The number of carboxylic acids is 1. The Morgan fingerprint density at radius 2 is 1.70 bits per heavy atom. The summed E-state index contributed by atoms with van der Waals surface area (Å²) in [5.41, 5.74) is 4.61. The van der Waals surface area contributed by atoms with Crippen LogP contribution in [0.1, 0.15) is 56.1 Å². The molecule has 0 aromatic heterocycles. The molecule has 2 N–H and O–H groups in total. The highest BCUT2D eigenvalue weighted by Crippen LogP contribution is 2.44. The average Bonchev–Trinajstić information content (AvgIpc) is 3.09. The number of nitrogens with one attached hydrogen (secondary N) is 1. The van der Waals surface area contributed by atoms with Crippen molar-refractivity contribution in [2.75, 3.05) is 6.61 Å². The van der Waals surface area contributed by atoms with Crippen LogP contribution in [0.15, 0.2) is 48.5 Å². The normalized spacial score (nSPS) is 21.4. The van der Waals surface area contributed by atoms with Gasteiger partial charge in [0, 0.05) is 5.92 Å². The number of amides is 1. The molecule has 3 atom stereocenters. The van der Waals surface area contributed by atoms with Crippen LogP contribution in [0.25, 0.3) is 11.1 Å². The quantitative estimate of drug-likeness (QED) is 0.691. The summed E-state index contributed by atoms with van der Waals surface area (Å²) in [6.45, 7) is 2.33. The van der Waals surface area contributed by atoms with E-state index in [4.69, 9.17) is 4.74 Å². The van der Waals surface area contributed by atoms with Crippen molar-refractivity contribution in [2.24, 2.45) is 11.8 Å². The summed E-state index contributed by atoms with van der Waals surface area (Å²) in [5.74, 6) is -0.521. The number of benzene rings is 2. The lowest BCUT2D eigenvalue weighted by Crippen LogP contribution is -2.47. The molecule has 0 aliphatic heterocycles. The van der Waals surface area contributed by atoms with Crippen LogP contribution < -0.4 is 5.32 Å². The third kappa shape index (κ3) is 4.07. The number of aliphatic carboxylic acids is 1. The molecular weight excluding hydrogens is 378 g/mol. The Hall–Kier alpha value is -2.82. The Morgan fingerprint density at radius 1 is 1.07 bits per heavy atom. The van der Waals surface area contributed by atoms with E-state index in [1.165, 1.54) is 11.1 Å². The molecule has 0 bridgehead atoms. The van der Waals surface area contributed by atoms with Gasteiger partial charge in [-0.2, -0.15) is 0 Å². The molecule has 30 heavy (non-hydrogen) atoms. The molecule has 5 heteroatoms. The summed E-state index contributed by atoms with van der Waals surface area (Å²) in [5, 5.41) is 12.3. The largest absolute Gasteiger partial charge is 0.480 e. The van der Waals surface area contributed by atoms with Crippen molar-refractivity contribution in [3.05, 3.63) is 59.7 Å². The molecule has 3 unspecified atom stereocenters. The summed E-state index contributed by atoms with van der Waals surface area (Å²) in [6.07, 6.45) is 4.23.